The number of carboxylic acid groups (broad SMARTS) is 1. The predicted octanol–water partition coefficient (Wildman–Crippen LogP) is -2.54. The zero-order chi connectivity index (χ0) is 16.7. The number of hydrogen-bond acceptors (Lipinski definition) is 7. The van der Waals surface area contributed by atoms with Gasteiger partial charge in [0.2, 0.25) is 5.95 Å². The van der Waals surface area contributed by atoms with Crippen LogP contribution in [0, 0.1) is 0 Å². The van der Waals surface area contributed by atoms with E-state index in [0.717, 1.165) is 0 Å². The molecule has 0 aromatic carbocycles. The van der Waals surface area contributed by atoms with Crippen molar-refractivity contribution < 1.29 is 44.3 Å². The van der Waals surface area contributed by atoms with Crippen molar-refractivity contribution in [2.45, 2.75) is 24.4 Å². The van der Waals surface area contributed by atoms with Gasteiger partial charge in [0, 0.05) is 0 Å². The highest BCUT2D eigenvalue weighted by Gasteiger charge is 2.46. The van der Waals surface area contributed by atoms with Crippen molar-refractivity contribution in [2.24, 2.45) is 0 Å². The zero-order valence-corrected chi connectivity index (χ0v) is 11.7. The van der Waals surface area contributed by atoms with Gasteiger partial charge < -0.3 is 39.9 Å². The normalized spacial score (nSPS) is 28.8. The maximum Gasteiger partial charge on any atom is 0.411 e. The van der Waals surface area contributed by atoms with Crippen LogP contribution in [0.15, 0.2) is 0 Å². The molecule has 13 heteroatoms. The van der Waals surface area contributed by atoms with E-state index in [9.17, 15) is 29.4 Å². The Morgan fingerprint density at radius 2 is 2.00 bits per heavy atom. The molecule has 22 heavy (non-hydrogen) atoms. The summed E-state index contributed by atoms with van der Waals surface area (Å²) in [6.45, 7) is -0.631. The molecule has 0 spiro atoms. The molecule has 4 atom stereocenters. The maximum absolute atomic E-state index is 11.4. The highest BCUT2D eigenvalue weighted by molar-refractivity contribution is 7.60. The van der Waals surface area contributed by atoms with Crippen LogP contribution < -0.4 is 10.8 Å². The molecular formula is C9H14N3O9P. The van der Waals surface area contributed by atoms with Crippen LogP contribution in [0.1, 0.15) is 11.8 Å². The smallest absolute Gasteiger partial charge is 0.411 e. The molecule has 1 saturated heterocycles. The Bertz CT molecular complexity index is 613. The minimum absolute atomic E-state index is 0.389. The zero-order valence-electron chi connectivity index (χ0n) is 10.8. The molecular weight excluding hydrogens is 325 g/mol. The summed E-state index contributed by atoms with van der Waals surface area (Å²) in [6.07, 6.45) is -7.20. The van der Waals surface area contributed by atoms with Gasteiger partial charge in [-0.1, -0.05) is 0 Å². The van der Waals surface area contributed by atoms with Crippen LogP contribution in [0.25, 0.3) is 0 Å². The molecule has 0 bridgehead atoms. The lowest BCUT2D eigenvalue weighted by Crippen LogP contribution is -2.33. The molecule has 1 fully saturated rings. The van der Waals surface area contributed by atoms with Crippen LogP contribution in [0.3, 0.4) is 0 Å². The number of amides is 1. The van der Waals surface area contributed by atoms with Crippen molar-refractivity contribution in [1.29, 1.82) is 0 Å². The molecule has 0 aliphatic carbocycles. The summed E-state index contributed by atoms with van der Waals surface area (Å²) in [7, 11) is -4.92. The largest absolute Gasteiger partial charge is 0.465 e. The van der Waals surface area contributed by atoms with Gasteiger partial charge in [-0.05, 0) is 0 Å². The second-order valence-corrected chi connectivity index (χ2v) is 6.07. The predicted molar refractivity (Wildman–Crippen MR) is 68.6 cm³/mol. The summed E-state index contributed by atoms with van der Waals surface area (Å²) in [5.41, 5.74) is -1.22. The first-order valence-corrected chi connectivity index (χ1v) is 7.54. The molecule has 0 saturated carbocycles. The van der Waals surface area contributed by atoms with Gasteiger partial charge in [0.05, 0.1) is 12.3 Å². The summed E-state index contributed by atoms with van der Waals surface area (Å²) in [5, 5.41) is 38.9. The van der Waals surface area contributed by atoms with E-state index in [1.807, 2.05) is 0 Å². The van der Waals surface area contributed by atoms with E-state index in [2.05, 4.69) is 9.97 Å². The van der Waals surface area contributed by atoms with Crippen LogP contribution in [-0.4, -0.2) is 71.2 Å². The van der Waals surface area contributed by atoms with Gasteiger partial charge in [-0.2, -0.15) is 0 Å². The van der Waals surface area contributed by atoms with E-state index in [1.165, 1.54) is 0 Å². The van der Waals surface area contributed by atoms with Gasteiger partial charge in [0.25, 0.3) is 0 Å². The molecule has 8 N–H and O–H groups in total. The number of aromatic amines is 1. The molecule has 1 aliphatic heterocycles. The van der Waals surface area contributed by atoms with Crippen LogP contribution in [0.5, 0.6) is 0 Å². The average molecular weight is 339 g/mol. The number of hydrogen-bond donors (Lipinski definition) is 8. The monoisotopic (exact) mass is 339 g/mol. The molecule has 124 valence electrons. The molecule has 1 aromatic rings. The van der Waals surface area contributed by atoms with Crippen molar-refractivity contribution in [3.8, 4) is 0 Å². The van der Waals surface area contributed by atoms with Crippen molar-refractivity contribution >= 4 is 25.1 Å². The molecule has 1 aliphatic rings. The van der Waals surface area contributed by atoms with Gasteiger partial charge in [0.1, 0.15) is 24.4 Å². The van der Waals surface area contributed by atoms with Crippen molar-refractivity contribution in [1.82, 2.24) is 9.97 Å². The minimum Gasteiger partial charge on any atom is -0.465 e. The molecule has 1 aromatic heterocycles. The van der Waals surface area contributed by atoms with Gasteiger partial charge in [0.15, 0.2) is 5.44 Å². The number of carbonyl (C=O) groups is 1. The Labute approximate surface area is 122 Å². The first kappa shape index (κ1) is 16.8. The standard InChI is InChI=1S/C9H14N3O9P/c13-1-2-4(14)5(15)6(21-2)3-7(22(18,19)20)11-8(10-3)12-9(16)17/h2,4-6,13-15H,1H2,(H,16,17)(H2,10,11,12)(H2,18,19,20)/t2-,4-,5-,6?/m1/s1. The fourth-order valence-electron chi connectivity index (χ4n) is 2.10. The minimum atomic E-state index is -4.92. The summed E-state index contributed by atoms with van der Waals surface area (Å²) < 4.78 is 16.6. The third-order valence-corrected chi connectivity index (χ3v) is 3.93. The van der Waals surface area contributed by atoms with Crippen molar-refractivity contribution in [3.63, 3.8) is 0 Å². The highest BCUT2D eigenvalue weighted by Crippen LogP contribution is 2.40. The molecule has 1 unspecified atom stereocenters. The van der Waals surface area contributed by atoms with Crippen LogP contribution in [-0.2, 0) is 9.30 Å². The van der Waals surface area contributed by atoms with Crippen molar-refractivity contribution in [3.05, 3.63) is 5.69 Å². The third kappa shape index (κ3) is 3.13. The Hall–Kier alpha value is -1.53. The quantitative estimate of drug-likeness (QED) is 0.270. The van der Waals surface area contributed by atoms with E-state index in [0.29, 0.717) is 0 Å². The number of nitrogens with zero attached hydrogens (tertiary/aromatic N) is 1. The number of ether oxygens (including phenoxy) is 1. The van der Waals surface area contributed by atoms with Gasteiger partial charge in [-0.15, -0.1) is 0 Å². The maximum atomic E-state index is 11.4. The van der Waals surface area contributed by atoms with E-state index >= 15 is 0 Å². The molecule has 1 amide bonds. The highest BCUT2D eigenvalue weighted by atomic mass is 31.2. The lowest BCUT2D eigenvalue weighted by atomic mass is 10.1. The molecule has 2 heterocycles. The van der Waals surface area contributed by atoms with Crippen LogP contribution in [0.4, 0.5) is 10.7 Å². The van der Waals surface area contributed by atoms with Gasteiger partial charge in [-0.25, -0.2) is 9.78 Å². The Morgan fingerprint density at radius 3 is 2.45 bits per heavy atom. The number of aromatic nitrogens is 2. The first-order valence-electron chi connectivity index (χ1n) is 5.93. The number of nitrogens with one attached hydrogen (secondary N) is 2. The fourth-order valence-corrected chi connectivity index (χ4v) is 2.82. The van der Waals surface area contributed by atoms with Crippen LogP contribution in [0.2, 0.25) is 0 Å². The number of H-pyrrole nitrogens is 1. The summed E-state index contributed by atoms with van der Waals surface area (Å²) in [5.74, 6) is -0.487. The molecule has 0 radical (unpaired) electrons. The van der Waals surface area contributed by atoms with E-state index in [4.69, 9.17) is 14.9 Å². The Morgan fingerprint density at radius 1 is 1.36 bits per heavy atom. The summed E-state index contributed by atoms with van der Waals surface area (Å²) in [4.78, 5) is 34.8. The van der Waals surface area contributed by atoms with Gasteiger partial charge >= 0.3 is 13.7 Å². The number of anilines is 1. The summed E-state index contributed by atoms with van der Waals surface area (Å²) in [6, 6.07) is 0. The second-order valence-electron chi connectivity index (χ2n) is 4.56. The first-order chi connectivity index (χ1) is 10.1. The SMILES string of the molecule is O=C(O)Nc1nc(P(=O)(O)O)c(C2O[C@H](CO)[C@@H](O)[C@H]2O)[nH]1. The average Bonchev–Trinajstić information content (AvgIpc) is 2.92. The van der Waals surface area contributed by atoms with Crippen molar-refractivity contribution in [2.75, 3.05) is 11.9 Å². The number of aliphatic hydroxyl groups is 3. The second kappa shape index (κ2) is 5.93. The van der Waals surface area contributed by atoms with E-state index in [1.54, 1.807) is 5.32 Å². The third-order valence-electron chi connectivity index (χ3n) is 3.04. The lowest BCUT2D eigenvalue weighted by Gasteiger charge is -2.14. The Balaban J connectivity index is 2.43. The number of imidazole rings is 1. The van der Waals surface area contributed by atoms with Crippen LogP contribution >= 0.6 is 7.60 Å². The van der Waals surface area contributed by atoms with E-state index < -0.39 is 56.1 Å². The number of aliphatic hydroxyl groups excluding tert-OH is 3. The summed E-state index contributed by atoms with van der Waals surface area (Å²) >= 11 is 0. The Kier molecular flexibility index (Phi) is 4.54. The fraction of sp³-hybridized carbons (Fsp3) is 0.556. The lowest BCUT2D eigenvalue weighted by molar-refractivity contribution is -0.0235. The molecule has 2 rings (SSSR count). The topological polar surface area (TPSA) is 205 Å². The van der Waals surface area contributed by atoms with E-state index in [-0.39, 0.29) is 5.69 Å². The number of rotatable bonds is 4. The molecule has 12 nitrogen and oxygen atoms in total. The van der Waals surface area contributed by atoms with Gasteiger partial charge in [-0.3, -0.25) is 9.88 Å².